The van der Waals surface area contributed by atoms with Crippen LogP contribution in [0.5, 0.6) is 5.75 Å². The summed E-state index contributed by atoms with van der Waals surface area (Å²) < 4.78 is 5.75. The molecule has 2 heterocycles. The molecule has 2 aliphatic heterocycles. The topological polar surface area (TPSA) is 49.8 Å². The van der Waals surface area contributed by atoms with Gasteiger partial charge in [0.1, 0.15) is 11.8 Å². The predicted molar refractivity (Wildman–Crippen MR) is 71.2 cm³/mol. The standard InChI is InChI=1S/C15H19NO3/c1-10-9-19-13-7-3-2-5-11(13)14(10)16-8-4-6-12(16)15(17)18/h2-3,5,7,10,12,14H,4,6,8-9H2,1H3,(H,17,18). The Morgan fingerprint density at radius 2 is 2.21 bits per heavy atom. The summed E-state index contributed by atoms with van der Waals surface area (Å²) in [6, 6.07) is 7.81. The average Bonchev–Trinajstić information content (AvgIpc) is 2.87. The fraction of sp³-hybridized carbons (Fsp3) is 0.533. The van der Waals surface area contributed by atoms with E-state index in [4.69, 9.17) is 4.74 Å². The van der Waals surface area contributed by atoms with Crippen LogP contribution in [0.25, 0.3) is 0 Å². The molecule has 1 saturated heterocycles. The highest BCUT2D eigenvalue weighted by molar-refractivity contribution is 5.74. The third kappa shape index (κ3) is 2.10. The van der Waals surface area contributed by atoms with Crippen LogP contribution in [0.3, 0.4) is 0 Å². The van der Waals surface area contributed by atoms with Gasteiger partial charge in [0.2, 0.25) is 0 Å². The zero-order chi connectivity index (χ0) is 13.4. The number of benzene rings is 1. The first kappa shape index (κ1) is 12.5. The van der Waals surface area contributed by atoms with Gasteiger partial charge in [-0.1, -0.05) is 25.1 Å². The molecule has 4 heteroatoms. The van der Waals surface area contributed by atoms with Crippen LogP contribution in [0, 0.1) is 5.92 Å². The van der Waals surface area contributed by atoms with Gasteiger partial charge in [-0.15, -0.1) is 0 Å². The molecule has 0 aromatic heterocycles. The summed E-state index contributed by atoms with van der Waals surface area (Å²) >= 11 is 0. The second-order valence-electron chi connectivity index (χ2n) is 5.51. The molecule has 4 nitrogen and oxygen atoms in total. The van der Waals surface area contributed by atoms with Crippen LogP contribution in [0.1, 0.15) is 31.4 Å². The van der Waals surface area contributed by atoms with Crippen molar-refractivity contribution in [3.8, 4) is 5.75 Å². The van der Waals surface area contributed by atoms with Gasteiger partial charge in [0.25, 0.3) is 0 Å². The molecule has 0 amide bonds. The summed E-state index contributed by atoms with van der Waals surface area (Å²) in [5.74, 6) is 0.519. The van der Waals surface area contributed by atoms with Gasteiger partial charge in [0.15, 0.2) is 0 Å². The van der Waals surface area contributed by atoms with Crippen molar-refractivity contribution in [2.45, 2.75) is 31.8 Å². The van der Waals surface area contributed by atoms with Gasteiger partial charge in [-0.25, -0.2) is 0 Å². The summed E-state index contributed by atoms with van der Waals surface area (Å²) in [5, 5.41) is 9.38. The van der Waals surface area contributed by atoms with Crippen molar-refractivity contribution >= 4 is 5.97 Å². The van der Waals surface area contributed by atoms with Crippen molar-refractivity contribution in [1.82, 2.24) is 4.90 Å². The van der Waals surface area contributed by atoms with E-state index in [0.717, 1.165) is 30.7 Å². The lowest BCUT2D eigenvalue weighted by Crippen LogP contribution is -2.43. The normalized spacial score (nSPS) is 30.7. The van der Waals surface area contributed by atoms with Crippen molar-refractivity contribution in [1.29, 1.82) is 0 Å². The maximum atomic E-state index is 11.4. The third-order valence-electron chi connectivity index (χ3n) is 4.21. The number of rotatable bonds is 2. The van der Waals surface area contributed by atoms with Crippen LogP contribution in [0.4, 0.5) is 0 Å². The van der Waals surface area contributed by atoms with Crippen molar-refractivity contribution < 1.29 is 14.6 Å². The van der Waals surface area contributed by atoms with E-state index in [9.17, 15) is 9.90 Å². The van der Waals surface area contributed by atoms with E-state index in [1.54, 1.807) is 0 Å². The van der Waals surface area contributed by atoms with Crippen molar-refractivity contribution in [2.24, 2.45) is 5.92 Å². The van der Waals surface area contributed by atoms with Crippen molar-refractivity contribution in [3.05, 3.63) is 29.8 Å². The first-order chi connectivity index (χ1) is 9.18. The molecule has 19 heavy (non-hydrogen) atoms. The molecule has 1 fully saturated rings. The Bertz CT molecular complexity index is 488. The van der Waals surface area contributed by atoms with Gasteiger partial charge >= 0.3 is 5.97 Å². The number of carbonyl (C=O) groups is 1. The molecule has 0 aliphatic carbocycles. The quantitative estimate of drug-likeness (QED) is 0.887. The number of hydrogen-bond acceptors (Lipinski definition) is 3. The Morgan fingerprint density at radius 3 is 3.00 bits per heavy atom. The molecule has 102 valence electrons. The fourth-order valence-corrected chi connectivity index (χ4v) is 3.37. The SMILES string of the molecule is CC1COc2ccccc2C1N1CCCC1C(=O)O. The molecule has 0 radical (unpaired) electrons. The summed E-state index contributed by atoms with van der Waals surface area (Å²) in [4.78, 5) is 13.5. The van der Waals surface area contributed by atoms with Gasteiger partial charge in [0.05, 0.1) is 6.61 Å². The zero-order valence-corrected chi connectivity index (χ0v) is 11.1. The maximum absolute atomic E-state index is 11.4. The van der Waals surface area contributed by atoms with E-state index in [1.807, 2.05) is 18.2 Å². The van der Waals surface area contributed by atoms with Gasteiger partial charge in [-0.3, -0.25) is 9.69 Å². The number of hydrogen-bond donors (Lipinski definition) is 1. The molecular formula is C15H19NO3. The maximum Gasteiger partial charge on any atom is 0.320 e. The minimum Gasteiger partial charge on any atom is -0.493 e. The largest absolute Gasteiger partial charge is 0.493 e. The molecule has 2 aliphatic rings. The molecular weight excluding hydrogens is 242 g/mol. The summed E-state index contributed by atoms with van der Waals surface area (Å²) in [5.41, 5.74) is 1.13. The second kappa shape index (κ2) is 4.85. The molecule has 1 aromatic carbocycles. The van der Waals surface area contributed by atoms with Crippen molar-refractivity contribution in [2.75, 3.05) is 13.2 Å². The summed E-state index contributed by atoms with van der Waals surface area (Å²) in [6.07, 6.45) is 1.71. The van der Waals surface area contributed by atoms with E-state index in [-0.39, 0.29) is 12.1 Å². The predicted octanol–water partition coefficient (Wildman–Crippen LogP) is 2.31. The van der Waals surface area contributed by atoms with Crippen LogP contribution < -0.4 is 4.74 Å². The number of para-hydroxylation sites is 1. The third-order valence-corrected chi connectivity index (χ3v) is 4.21. The Labute approximate surface area is 113 Å². The molecule has 3 rings (SSSR count). The highest BCUT2D eigenvalue weighted by atomic mass is 16.5. The number of carboxylic acids is 1. The van der Waals surface area contributed by atoms with E-state index >= 15 is 0 Å². The van der Waals surface area contributed by atoms with Gasteiger partial charge in [0, 0.05) is 17.5 Å². The van der Waals surface area contributed by atoms with Gasteiger partial charge < -0.3 is 9.84 Å². The lowest BCUT2D eigenvalue weighted by Gasteiger charge is -2.39. The molecule has 0 saturated carbocycles. The van der Waals surface area contributed by atoms with Crippen molar-refractivity contribution in [3.63, 3.8) is 0 Å². The van der Waals surface area contributed by atoms with Gasteiger partial charge in [-0.05, 0) is 25.5 Å². The van der Waals surface area contributed by atoms with E-state index in [0.29, 0.717) is 12.5 Å². The average molecular weight is 261 g/mol. The number of fused-ring (bicyclic) bond motifs is 1. The number of aliphatic carboxylic acids is 1. The molecule has 1 aromatic rings. The second-order valence-corrected chi connectivity index (χ2v) is 5.51. The number of carboxylic acid groups (broad SMARTS) is 1. The number of nitrogens with zero attached hydrogens (tertiary/aromatic N) is 1. The molecule has 3 atom stereocenters. The van der Waals surface area contributed by atoms with E-state index in [2.05, 4.69) is 17.9 Å². The first-order valence-corrected chi connectivity index (χ1v) is 6.89. The molecule has 3 unspecified atom stereocenters. The molecule has 0 bridgehead atoms. The van der Waals surface area contributed by atoms with Crippen LogP contribution in [-0.4, -0.2) is 35.2 Å². The summed E-state index contributed by atoms with van der Waals surface area (Å²) in [7, 11) is 0. The zero-order valence-electron chi connectivity index (χ0n) is 11.1. The Morgan fingerprint density at radius 1 is 1.42 bits per heavy atom. The number of ether oxygens (including phenoxy) is 1. The minimum atomic E-state index is -0.700. The van der Waals surface area contributed by atoms with E-state index in [1.165, 1.54) is 0 Å². The monoisotopic (exact) mass is 261 g/mol. The van der Waals surface area contributed by atoms with Crippen LogP contribution in [-0.2, 0) is 4.79 Å². The Kier molecular flexibility index (Phi) is 3.19. The van der Waals surface area contributed by atoms with E-state index < -0.39 is 5.97 Å². The highest BCUT2D eigenvalue weighted by Crippen LogP contribution is 2.42. The first-order valence-electron chi connectivity index (χ1n) is 6.89. The fourth-order valence-electron chi connectivity index (χ4n) is 3.37. The van der Waals surface area contributed by atoms with Gasteiger partial charge in [-0.2, -0.15) is 0 Å². The molecule has 1 N–H and O–H groups in total. The Hall–Kier alpha value is -1.55. The number of likely N-dealkylation sites (tertiary alicyclic amines) is 1. The minimum absolute atomic E-state index is 0.161. The Balaban J connectivity index is 1.97. The summed E-state index contributed by atoms with van der Waals surface area (Å²) in [6.45, 7) is 3.66. The lowest BCUT2D eigenvalue weighted by molar-refractivity contribution is -0.143. The highest BCUT2D eigenvalue weighted by Gasteiger charge is 2.40. The van der Waals surface area contributed by atoms with Crippen LogP contribution >= 0.6 is 0 Å². The van der Waals surface area contributed by atoms with Crippen LogP contribution in [0.2, 0.25) is 0 Å². The van der Waals surface area contributed by atoms with Crippen LogP contribution in [0.15, 0.2) is 24.3 Å². The molecule has 0 spiro atoms. The smallest absolute Gasteiger partial charge is 0.320 e. The lowest BCUT2D eigenvalue weighted by atomic mass is 9.90.